The number of halogens is 2. The molecule has 0 radical (unpaired) electrons. The molecule has 1 aromatic carbocycles. The Bertz CT molecular complexity index is 350. The van der Waals surface area contributed by atoms with E-state index in [1.807, 2.05) is 12.1 Å². The van der Waals surface area contributed by atoms with Gasteiger partial charge in [0.1, 0.15) is 5.75 Å². The number of rotatable bonds is 6. The minimum Gasteiger partial charge on any atom is -0.496 e. The van der Waals surface area contributed by atoms with Crippen LogP contribution in [0.2, 0.25) is 0 Å². The van der Waals surface area contributed by atoms with Crippen molar-refractivity contribution in [1.29, 1.82) is 0 Å². The van der Waals surface area contributed by atoms with E-state index in [1.165, 1.54) is 12.0 Å². The van der Waals surface area contributed by atoms with Crippen LogP contribution in [0.5, 0.6) is 5.75 Å². The minimum absolute atomic E-state index is 0.589. The zero-order valence-corrected chi connectivity index (χ0v) is 13.8. The normalized spacial score (nSPS) is 12.8. The molecule has 0 amide bonds. The highest BCUT2D eigenvalue weighted by molar-refractivity contribution is 9.10. The summed E-state index contributed by atoms with van der Waals surface area (Å²) in [6, 6.07) is 6.18. The lowest BCUT2D eigenvalue weighted by molar-refractivity contribution is 0.408. The fourth-order valence-corrected chi connectivity index (χ4v) is 3.27. The first kappa shape index (κ1) is 15.0. The third-order valence-corrected chi connectivity index (χ3v) is 4.02. The average Bonchev–Trinajstić information content (AvgIpc) is 2.25. The predicted octanol–water partition coefficient (Wildman–Crippen LogP) is 5.20. The molecule has 17 heavy (non-hydrogen) atoms. The van der Waals surface area contributed by atoms with Crippen LogP contribution in [0, 0.1) is 5.92 Å². The van der Waals surface area contributed by atoms with E-state index in [-0.39, 0.29) is 0 Å². The molecule has 1 atom stereocenters. The van der Waals surface area contributed by atoms with Crippen LogP contribution in [0.3, 0.4) is 0 Å². The standard InChI is InChI=1S/C14H20Br2O/c1-10(2)8-12(15)5-4-11-9-13(16)6-7-14(11)17-3/h6-7,9-10,12H,4-5,8H2,1-3H3. The smallest absolute Gasteiger partial charge is 0.122 e. The van der Waals surface area contributed by atoms with Gasteiger partial charge in [-0.2, -0.15) is 0 Å². The van der Waals surface area contributed by atoms with Crippen LogP contribution in [-0.2, 0) is 6.42 Å². The maximum Gasteiger partial charge on any atom is 0.122 e. The van der Waals surface area contributed by atoms with Gasteiger partial charge in [-0.3, -0.25) is 0 Å². The lowest BCUT2D eigenvalue weighted by Crippen LogP contribution is -2.05. The molecule has 0 N–H and O–H groups in total. The quantitative estimate of drug-likeness (QED) is 0.631. The Morgan fingerprint density at radius 1 is 1.29 bits per heavy atom. The van der Waals surface area contributed by atoms with E-state index in [0.717, 1.165) is 29.0 Å². The third-order valence-electron chi connectivity index (χ3n) is 2.70. The first-order valence-electron chi connectivity index (χ1n) is 5.99. The molecule has 0 aromatic heterocycles. The lowest BCUT2D eigenvalue weighted by Gasteiger charge is -2.14. The van der Waals surface area contributed by atoms with Crippen molar-refractivity contribution < 1.29 is 4.74 Å². The van der Waals surface area contributed by atoms with Gasteiger partial charge in [0.05, 0.1) is 7.11 Å². The maximum atomic E-state index is 5.38. The molecule has 3 heteroatoms. The van der Waals surface area contributed by atoms with Gasteiger partial charge in [-0.1, -0.05) is 45.7 Å². The molecule has 0 aliphatic carbocycles. The van der Waals surface area contributed by atoms with Crippen LogP contribution in [0.25, 0.3) is 0 Å². The summed E-state index contributed by atoms with van der Waals surface area (Å²) in [6.45, 7) is 4.52. The Labute approximate surface area is 121 Å². The number of hydrogen-bond acceptors (Lipinski definition) is 1. The van der Waals surface area contributed by atoms with Crippen LogP contribution in [0.4, 0.5) is 0 Å². The van der Waals surface area contributed by atoms with E-state index in [2.05, 4.69) is 51.8 Å². The number of alkyl halides is 1. The van der Waals surface area contributed by atoms with Crippen LogP contribution < -0.4 is 4.74 Å². The highest BCUT2D eigenvalue weighted by Crippen LogP contribution is 2.26. The summed E-state index contributed by atoms with van der Waals surface area (Å²) in [5.41, 5.74) is 1.27. The van der Waals surface area contributed by atoms with Gasteiger partial charge < -0.3 is 4.74 Å². The number of aryl methyl sites for hydroxylation is 1. The molecule has 1 unspecified atom stereocenters. The highest BCUT2D eigenvalue weighted by atomic mass is 79.9. The lowest BCUT2D eigenvalue weighted by atomic mass is 10.0. The largest absolute Gasteiger partial charge is 0.496 e. The molecule has 1 rings (SSSR count). The van der Waals surface area contributed by atoms with Gasteiger partial charge >= 0.3 is 0 Å². The molecule has 0 fully saturated rings. The van der Waals surface area contributed by atoms with E-state index < -0.39 is 0 Å². The Kier molecular flexibility index (Phi) is 6.57. The molecule has 0 heterocycles. The van der Waals surface area contributed by atoms with Gasteiger partial charge in [0.25, 0.3) is 0 Å². The number of hydrogen-bond donors (Lipinski definition) is 0. The van der Waals surface area contributed by atoms with E-state index >= 15 is 0 Å². The molecule has 96 valence electrons. The van der Waals surface area contributed by atoms with Crippen molar-refractivity contribution in [2.24, 2.45) is 5.92 Å². The maximum absolute atomic E-state index is 5.38. The summed E-state index contributed by atoms with van der Waals surface area (Å²) >= 11 is 7.25. The van der Waals surface area contributed by atoms with Crippen molar-refractivity contribution in [2.45, 2.75) is 37.9 Å². The predicted molar refractivity (Wildman–Crippen MR) is 81.2 cm³/mol. The summed E-state index contributed by atoms with van der Waals surface area (Å²) in [7, 11) is 1.73. The summed E-state index contributed by atoms with van der Waals surface area (Å²) < 4.78 is 6.49. The minimum atomic E-state index is 0.589. The monoisotopic (exact) mass is 362 g/mol. The van der Waals surface area contributed by atoms with E-state index in [1.54, 1.807) is 7.11 Å². The molecule has 0 aliphatic rings. The Morgan fingerprint density at radius 2 is 2.00 bits per heavy atom. The molecule has 0 saturated carbocycles. The molecular weight excluding hydrogens is 344 g/mol. The van der Waals surface area contributed by atoms with Gasteiger partial charge in [-0.15, -0.1) is 0 Å². The van der Waals surface area contributed by atoms with Gasteiger partial charge in [0.2, 0.25) is 0 Å². The van der Waals surface area contributed by atoms with Crippen LogP contribution >= 0.6 is 31.9 Å². The number of ether oxygens (including phenoxy) is 1. The fraction of sp³-hybridized carbons (Fsp3) is 0.571. The summed E-state index contributed by atoms with van der Waals surface area (Å²) in [5.74, 6) is 1.72. The Morgan fingerprint density at radius 3 is 2.59 bits per heavy atom. The molecule has 0 bridgehead atoms. The second kappa shape index (κ2) is 7.42. The van der Waals surface area contributed by atoms with Gasteiger partial charge in [0, 0.05) is 9.30 Å². The first-order chi connectivity index (χ1) is 8.02. The second-order valence-corrected chi connectivity index (χ2v) is 6.93. The molecule has 0 spiro atoms. The molecule has 0 saturated heterocycles. The molecule has 1 nitrogen and oxygen atoms in total. The van der Waals surface area contributed by atoms with Crippen LogP contribution in [-0.4, -0.2) is 11.9 Å². The summed E-state index contributed by atoms with van der Waals surface area (Å²) in [5, 5.41) is 0. The zero-order chi connectivity index (χ0) is 12.8. The second-order valence-electron chi connectivity index (χ2n) is 4.72. The average molecular weight is 364 g/mol. The van der Waals surface area contributed by atoms with Crippen molar-refractivity contribution in [2.75, 3.05) is 7.11 Å². The molecule has 1 aromatic rings. The summed E-state index contributed by atoms with van der Waals surface area (Å²) in [4.78, 5) is 0.589. The van der Waals surface area contributed by atoms with Crippen molar-refractivity contribution >= 4 is 31.9 Å². The van der Waals surface area contributed by atoms with E-state index in [9.17, 15) is 0 Å². The summed E-state index contributed by atoms with van der Waals surface area (Å²) in [6.07, 6.45) is 3.41. The fourth-order valence-electron chi connectivity index (χ4n) is 1.88. The van der Waals surface area contributed by atoms with Gasteiger partial charge in [-0.05, 0) is 48.9 Å². The van der Waals surface area contributed by atoms with E-state index in [0.29, 0.717) is 4.83 Å². The van der Waals surface area contributed by atoms with Crippen molar-refractivity contribution in [3.05, 3.63) is 28.2 Å². The van der Waals surface area contributed by atoms with Gasteiger partial charge in [-0.25, -0.2) is 0 Å². The third kappa shape index (κ3) is 5.43. The zero-order valence-electron chi connectivity index (χ0n) is 10.7. The highest BCUT2D eigenvalue weighted by Gasteiger charge is 2.09. The SMILES string of the molecule is COc1ccc(Br)cc1CCC(Br)CC(C)C. The topological polar surface area (TPSA) is 9.23 Å². The Hall–Kier alpha value is -0.0200. The molecular formula is C14H20Br2O. The number of benzene rings is 1. The number of methoxy groups -OCH3 is 1. The van der Waals surface area contributed by atoms with Crippen molar-refractivity contribution in [1.82, 2.24) is 0 Å². The van der Waals surface area contributed by atoms with Crippen LogP contribution in [0.1, 0.15) is 32.3 Å². The van der Waals surface area contributed by atoms with Gasteiger partial charge in [0.15, 0.2) is 0 Å². The van der Waals surface area contributed by atoms with E-state index in [4.69, 9.17) is 4.74 Å². The van der Waals surface area contributed by atoms with Crippen molar-refractivity contribution in [3.8, 4) is 5.75 Å². The van der Waals surface area contributed by atoms with Crippen LogP contribution in [0.15, 0.2) is 22.7 Å². The van der Waals surface area contributed by atoms with Crippen molar-refractivity contribution in [3.63, 3.8) is 0 Å². The first-order valence-corrected chi connectivity index (χ1v) is 7.70. The molecule has 0 aliphatic heterocycles. The Balaban J connectivity index is 2.58.